The molecule has 1 atom stereocenters. The van der Waals surface area contributed by atoms with Gasteiger partial charge < -0.3 is 9.47 Å². The summed E-state index contributed by atoms with van der Waals surface area (Å²) in [5.74, 6) is 4.19. The Labute approximate surface area is 200 Å². The quantitative estimate of drug-likeness (QED) is 0.209. The van der Waals surface area contributed by atoms with Gasteiger partial charge >= 0.3 is 5.97 Å². The number of unbranched alkanes of at least 4 members (excludes halogenated alkanes) is 2. The van der Waals surface area contributed by atoms with Gasteiger partial charge in [0.2, 0.25) is 0 Å². The number of carbonyl (C=O) groups is 1. The summed E-state index contributed by atoms with van der Waals surface area (Å²) >= 11 is 0. The molecule has 2 aromatic rings. The van der Waals surface area contributed by atoms with Crippen LogP contribution in [0.4, 0.5) is 0 Å². The molecule has 0 aromatic heterocycles. The third kappa shape index (κ3) is 7.97. The summed E-state index contributed by atoms with van der Waals surface area (Å²) in [6.07, 6.45) is 5.21. The number of rotatable bonds is 10. The van der Waals surface area contributed by atoms with E-state index in [1.807, 2.05) is 18.2 Å². The van der Waals surface area contributed by atoms with Crippen LogP contribution in [0.5, 0.6) is 0 Å². The van der Waals surface area contributed by atoms with Crippen LogP contribution < -0.4 is 0 Å². The average molecular weight is 449 g/mol. The summed E-state index contributed by atoms with van der Waals surface area (Å²) in [6.45, 7) is 16.0. The molecule has 0 aliphatic heterocycles. The van der Waals surface area contributed by atoms with Gasteiger partial charge in [-0.2, -0.15) is 0 Å². The summed E-state index contributed by atoms with van der Waals surface area (Å²) in [7, 11) is 0. The van der Waals surface area contributed by atoms with Crippen molar-refractivity contribution in [3.63, 3.8) is 0 Å². The van der Waals surface area contributed by atoms with Gasteiger partial charge in [-0.25, -0.2) is 4.79 Å². The molecule has 0 amide bonds. The van der Waals surface area contributed by atoms with Gasteiger partial charge in [-0.05, 0) is 66.3 Å². The maximum absolute atomic E-state index is 11.9. The Morgan fingerprint density at radius 2 is 1.45 bits per heavy atom. The number of ether oxygens (including phenoxy) is 2. The smallest absolute Gasteiger partial charge is 0.338 e. The lowest BCUT2D eigenvalue weighted by molar-refractivity contribution is 0.0498. The third-order valence-electron chi connectivity index (χ3n) is 5.83. The van der Waals surface area contributed by atoms with Crippen molar-refractivity contribution < 1.29 is 14.3 Å². The van der Waals surface area contributed by atoms with Crippen molar-refractivity contribution in [1.29, 1.82) is 0 Å². The number of esters is 1. The lowest BCUT2D eigenvalue weighted by atomic mass is 9.82. The summed E-state index contributed by atoms with van der Waals surface area (Å²) < 4.78 is 11.3. The van der Waals surface area contributed by atoms with E-state index in [2.05, 4.69) is 72.6 Å². The zero-order chi connectivity index (χ0) is 24.4. The van der Waals surface area contributed by atoms with Crippen LogP contribution in [-0.4, -0.2) is 12.6 Å². The lowest BCUT2D eigenvalue weighted by Crippen LogP contribution is -2.10. The number of hydrogen-bond donors (Lipinski definition) is 0. The second kappa shape index (κ2) is 13.1. The Morgan fingerprint density at radius 3 is 2.00 bits per heavy atom. The van der Waals surface area contributed by atoms with Crippen molar-refractivity contribution in [2.24, 2.45) is 0 Å². The van der Waals surface area contributed by atoms with Crippen LogP contribution in [0.15, 0.2) is 42.5 Å². The van der Waals surface area contributed by atoms with Gasteiger partial charge in [0.05, 0.1) is 12.2 Å². The van der Waals surface area contributed by atoms with E-state index < -0.39 is 0 Å². The van der Waals surface area contributed by atoms with Crippen molar-refractivity contribution in [2.75, 3.05) is 6.61 Å². The lowest BCUT2D eigenvalue weighted by Gasteiger charge is -2.25. The monoisotopic (exact) mass is 448 g/mol. The van der Waals surface area contributed by atoms with Crippen LogP contribution in [0.2, 0.25) is 0 Å². The molecule has 0 heterocycles. The Hall–Kier alpha value is -2.73. The zero-order valence-electron chi connectivity index (χ0n) is 21.4. The molecule has 0 aliphatic rings. The topological polar surface area (TPSA) is 35.5 Å². The first-order valence-electron chi connectivity index (χ1n) is 12.3. The Morgan fingerprint density at radius 1 is 0.848 bits per heavy atom. The minimum absolute atomic E-state index is 0.0830. The van der Waals surface area contributed by atoms with Gasteiger partial charge in [0.1, 0.15) is 12.2 Å². The molecule has 0 N–H and O–H groups in total. The third-order valence-corrected chi connectivity index (χ3v) is 5.83. The van der Waals surface area contributed by atoms with Crippen molar-refractivity contribution in [2.45, 2.75) is 91.6 Å². The Balaban J connectivity index is 1.90. The van der Waals surface area contributed by atoms with E-state index >= 15 is 0 Å². The van der Waals surface area contributed by atoms with E-state index in [9.17, 15) is 4.79 Å². The van der Waals surface area contributed by atoms with Gasteiger partial charge in [0.15, 0.2) is 0 Å². The normalized spacial score (nSPS) is 11.9. The molecule has 0 saturated heterocycles. The molecule has 0 aliphatic carbocycles. The van der Waals surface area contributed by atoms with Crippen molar-refractivity contribution in [3.05, 3.63) is 70.3 Å². The van der Waals surface area contributed by atoms with Crippen LogP contribution >= 0.6 is 0 Å². The van der Waals surface area contributed by atoms with Crippen molar-refractivity contribution in [3.8, 4) is 12.0 Å². The minimum atomic E-state index is -0.274. The number of carbonyl (C=O) groups excluding carboxylic acids is 1. The second-order valence-corrected chi connectivity index (χ2v) is 9.58. The first-order chi connectivity index (χ1) is 15.7. The molecule has 3 nitrogen and oxygen atoms in total. The van der Waals surface area contributed by atoms with Crippen LogP contribution in [-0.2, 0) is 9.47 Å². The van der Waals surface area contributed by atoms with Crippen LogP contribution in [0.1, 0.15) is 124 Å². The number of benzene rings is 2. The number of hydrogen-bond acceptors (Lipinski definition) is 3. The summed E-state index contributed by atoms with van der Waals surface area (Å²) in [4.78, 5) is 11.9. The summed E-state index contributed by atoms with van der Waals surface area (Å²) in [6, 6.07) is 13.8. The van der Waals surface area contributed by atoms with E-state index in [1.54, 1.807) is 12.1 Å². The molecule has 0 saturated carbocycles. The van der Waals surface area contributed by atoms with E-state index in [1.165, 1.54) is 22.3 Å². The molecular formula is C30H40O3. The molecule has 2 aromatic carbocycles. The predicted octanol–water partition coefficient (Wildman–Crippen LogP) is 8.12. The predicted molar refractivity (Wildman–Crippen MR) is 137 cm³/mol. The molecule has 1 unspecified atom stereocenters. The van der Waals surface area contributed by atoms with Gasteiger partial charge in [0.25, 0.3) is 0 Å². The fraction of sp³-hybridized carbons (Fsp3) is 0.500. The maximum Gasteiger partial charge on any atom is 0.338 e. The molecule has 2 rings (SSSR count). The summed E-state index contributed by atoms with van der Waals surface area (Å²) in [5, 5.41) is 0. The first-order valence-corrected chi connectivity index (χ1v) is 12.3. The molecule has 0 fully saturated rings. The molecule has 33 heavy (non-hydrogen) atoms. The van der Waals surface area contributed by atoms with E-state index in [0.29, 0.717) is 29.9 Å². The van der Waals surface area contributed by atoms with Crippen molar-refractivity contribution in [1.82, 2.24) is 0 Å². The maximum atomic E-state index is 11.9. The van der Waals surface area contributed by atoms with Gasteiger partial charge in [-0.3, -0.25) is 0 Å². The highest BCUT2D eigenvalue weighted by molar-refractivity contribution is 5.89. The van der Waals surface area contributed by atoms with Gasteiger partial charge in [-0.1, -0.05) is 77.8 Å². The molecule has 178 valence electrons. The van der Waals surface area contributed by atoms with E-state index in [0.717, 1.165) is 19.3 Å². The fourth-order valence-electron chi connectivity index (χ4n) is 3.86. The molecule has 0 bridgehead atoms. The Kier molecular flexibility index (Phi) is 10.5. The molecule has 0 radical (unpaired) electrons. The zero-order valence-corrected chi connectivity index (χ0v) is 21.4. The van der Waals surface area contributed by atoms with Crippen LogP contribution in [0, 0.1) is 12.0 Å². The highest BCUT2D eigenvalue weighted by Gasteiger charge is 2.21. The Bertz CT molecular complexity index is 916. The molecule has 3 heteroatoms. The summed E-state index contributed by atoms with van der Waals surface area (Å²) in [5.41, 5.74) is 5.98. The SMILES string of the molecule is CC(C)c1cc(C(C)C)c(C(C)OC#CCCCCOC(=O)c2ccccc2)c(C(C)C)c1. The average Bonchev–Trinajstić information content (AvgIpc) is 2.79. The standard InChI is InChI=1S/C30H40O3/c1-21(2)26-19-27(22(3)4)29(28(20-26)23(5)6)24(7)32-17-13-8-9-14-18-33-30(31)25-15-11-10-12-16-25/h10-12,15-16,19-24H,8-9,14,18H2,1-7H3. The molecule has 0 spiro atoms. The van der Waals surface area contributed by atoms with Crippen LogP contribution in [0.25, 0.3) is 0 Å². The van der Waals surface area contributed by atoms with Crippen LogP contribution in [0.3, 0.4) is 0 Å². The van der Waals surface area contributed by atoms with Crippen molar-refractivity contribution >= 4 is 5.97 Å². The highest BCUT2D eigenvalue weighted by Crippen LogP contribution is 2.36. The molecular weight excluding hydrogens is 408 g/mol. The fourth-order valence-corrected chi connectivity index (χ4v) is 3.86. The minimum Gasteiger partial charge on any atom is -0.462 e. The van der Waals surface area contributed by atoms with E-state index in [-0.39, 0.29) is 12.1 Å². The van der Waals surface area contributed by atoms with E-state index in [4.69, 9.17) is 9.47 Å². The second-order valence-electron chi connectivity index (χ2n) is 9.58. The van der Waals surface area contributed by atoms with Gasteiger partial charge in [0, 0.05) is 12.0 Å². The first kappa shape index (κ1) is 26.5. The van der Waals surface area contributed by atoms with Gasteiger partial charge in [-0.15, -0.1) is 0 Å². The largest absolute Gasteiger partial charge is 0.462 e. The highest BCUT2D eigenvalue weighted by atomic mass is 16.5.